The average molecular weight is 474 g/mol. The van der Waals surface area contributed by atoms with Gasteiger partial charge in [0.15, 0.2) is 28.3 Å². The lowest BCUT2D eigenvalue weighted by molar-refractivity contribution is 0.183. The third-order valence-electron chi connectivity index (χ3n) is 4.99. The topological polar surface area (TPSA) is 84.2 Å². The summed E-state index contributed by atoms with van der Waals surface area (Å²) in [6.45, 7) is 1.02. The van der Waals surface area contributed by atoms with Crippen LogP contribution in [-0.2, 0) is 11.3 Å². The van der Waals surface area contributed by atoms with Crippen LogP contribution in [-0.4, -0.2) is 58.9 Å². The first-order valence-corrected chi connectivity index (χ1v) is 11.1. The highest BCUT2D eigenvalue weighted by atomic mass is 32.2. The molecule has 0 atom stereocenters. The van der Waals surface area contributed by atoms with Gasteiger partial charge >= 0.3 is 0 Å². The Balaban J connectivity index is 1.98. The van der Waals surface area contributed by atoms with Gasteiger partial charge in [0.25, 0.3) is 0 Å². The van der Waals surface area contributed by atoms with Crippen molar-refractivity contribution in [2.45, 2.75) is 11.7 Å². The number of fused-ring (bicyclic) bond motifs is 1. The number of hydrogen-bond acceptors (Lipinski definition) is 8. The van der Waals surface area contributed by atoms with Gasteiger partial charge in [-0.2, -0.15) is 5.10 Å². The summed E-state index contributed by atoms with van der Waals surface area (Å²) < 4.78 is 47.4. The summed E-state index contributed by atoms with van der Waals surface area (Å²) in [7, 11) is 4.20. The second-order valence-electron chi connectivity index (χ2n) is 6.92. The van der Waals surface area contributed by atoms with Crippen molar-refractivity contribution in [3.05, 3.63) is 42.4 Å². The fraction of sp³-hybridized carbons (Fsp3) is 0.273. The molecular weight excluding hydrogens is 452 g/mol. The number of halogens is 2. The lowest BCUT2D eigenvalue weighted by Crippen LogP contribution is -2.04. The molecule has 0 aliphatic heterocycles. The van der Waals surface area contributed by atoms with Crippen LogP contribution in [0.2, 0.25) is 0 Å². The Bertz CT molecular complexity index is 1290. The van der Waals surface area contributed by atoms with Crippen molar-refractivity contribution < 1.29 is 23.0 Å². The van der Waals surface area contributed by atoms with Gasteiger partial charge in [-0.25, -0.2) is 23.7 Å². The lowest BCUT2D eigenvalue weighted by Gasteiger charge is -2.14. The van der Waals surface area contributed by atoms with Crippen molar-refractivity contribution in [3.63, 3.8) is 0 Å². The van der Waals surface area contributed by atoms with Gasteiger partial charge in [0, 0.05) is 36.5 Å². The van der Waals surface area contributed by atoms with E-state index in [-0.39, 0.29) is 22.8 Å². The SMILES string of the molecule is COCCn1cc(-c2nc(-c3c(F)c(OC)cc(OC)c3F)cc3cnc(SC)nc23)cn1. The van der Waals surface area contributed by atoms with Crippen LogP contribution in [0.15, 0.2) is 35.9 Å². The van der Waals surface area contributed by atoms with E-state index in [1.165, 1.54) is 26.0 Å². The van der Waals surface area contributed by atoms with Crippen molar-refractivity contribution >= 4 is 22.7 Å². The number of pyridine rings is 1. The van der Waals surface area contributed by atoms with Crippen LogP contribution in [0, 0.1) is 11.6 Å². The van der Waals surface area contributed by atoms with Crippen molar-refractivity contribution in [3.8, 4) is 34.0 Å². The predicted molar refractivity (Wildman–Crippen MR) is 121 cm³/mol. The second kappa shape index (κ2) is 9.67. The van der Waals surface area contributed by atoms with Crippen LogP contribution in [0.25, 0.3) is 33.4 Å². The van der Waals surface area contributed by atoms with Crippen LogP contribution in [0.3, 0.4) is 0 Å². The Kier molecular flexibility index (Phi) is 6.70. The molecule has 172 valence electrons. The molecular formula is C22H21F2N5O3S. The van der Waals surface area contributed by atoms with E-state index in [2.05, 4.69) is 20.1 Å². The minimum atomic E-state index is -0.883. The Morgan fingerprint density at radius 1 is 1.00 bits per heavy atom. The monoisotopic (exact) mass is 473 g/mol. The third-order valence-corrected chi connectivity index (χ3v) is 5.55. The molecule has 0 fully saturated rings. The minimum absolute atomic E-state index is 0.0508. The normalized spacial score (nSPS) is 11.2. The van der Waals surface area contributed by atoms with Gasteiger partial charge in [-0.1, -0.05) is 11.8 Å². The zero-order chi connectivity index (χ0) is 23.5. The highest BCUT2D eigenvalue weighted by Crippen LogP contribution is 2.39. The van der Waals surface area contributed by atoms with E-state index in [4.69, 9.17) is 14.2 Å². The van der Waals surface area contributed by atoms with Crippen LogP contribution < -0.4 is 9.47 Å². The summed E-state index contributed by atoms with van der Waals surface area (Å²) >= 11 is 1.38. The molecule has 3 aromatic heterocycles. The van der Waals surface area contributed by atoms with Crippen LogP contribution >= 0.6 is 11.8 Å². The maximum absolute atomic E-state index is 15.2. The van der Waals surface area contributed by atoms with Crippen LogP contribution in [0.1, 0.15) is 0 Å². The number of rotatable bonds is 8. The van der Waals surface area contributed by atoms with Crippen molar-refractivity contribution in [2.24, 2.45) is 0 Å². The average Bonchev–Trinajstić information content (AvgIpc) is 3.31. The molecule has 3 heterocycles. The molecule has 1 aromatic carbocycles. The molecule has 0 aliphatic carbocycles. The molecule has 4 aromatic rings. The Morgan fingerprint density at radius 2 is 1.73 bits per heavy atom. The number of methoxy groups -OCH3 is 3. The molecule has 0 unspecified atom stereocenters. The molecule has 4 rings (SSSR count). The number of nitrogens with zero attached hydrogens (tertiary/aromatic N) is 5. The molecule has 0 amide bonds. The standard InChI is InChI=1S/C22H21F2N5O3S/c1-30-6-5-29-11-13(10-26-29)21-20-12(9-25-22(28-20)33-4)7-14(27-21)17-18(23)15(31-2)8-16(32-3)19(17)24/h7-11H,5-6H2,1-4H3. The summed E-state index contributed by atoms with van der Waals surface area (Å²) in [6.07, 6.45) is 6.87. The third kappa shape index (κ3) is 4.33. The smallest absolute Gasteiger partial charge is 0.187 e. The molecule has 0 N–H and O–H groups in total. The maximum atomic E-state index is 15.2. The van der Waals surface area contributed by atoms with E-state index in [0.717, 1.165) is 6.07 Å². The maximum Gasteiger partial charge on any atom is 0.187 e. The van der Waals surface area contributed by atoms with Gasteiger partial charge in [-0.15, -0.1) is 0 Å². The molecule has 0 spiro atoms. The molecule has 8 nitrogen and oxygen atoms in total. The van der Waals surface area contributed by atoms with Crippen molar-refractivity contribution in [1.82, 2.24) is 24.7 Å². The molecule has 0 saturated carbocycles. The molecule has 33 heavy (non-hydrogen) atoms. The van der Waals surface area contributed by atoms with Gasteiger partial charge in [-0.3, -0.25) is 4.68 Å². The van der Waals surface area contributed by atoms with E-state index in [1.54, 1.807) is 36.4 Å². The zero-order valence-electron chi connectivity index (χ0n) is 18.4. The highest BCUT2D eigenvalue weighted by Gasteiger charge is 2.24. The zero-order valence-corrected chi connectivity index (χ0v) is 19.2. The lowest BCUT2D eigenvalue weighted by atomic mass is 10.0. The molecule has 0 aliphatic rings. The summed E-state index contributed by atoms with van der Waals surface area (Å²) in [5, 5.41) is 5.45. The van der Waals surface area contributed by atoms with E-state index < -0.39 is 11.6 Å². The number of benzene rings is 1. The fourth-order valence-electron chi connectivity index (χ4n) is 3.35. The van der Waals surface area contributed by atoms with Crippen LogP contribution in [0.5, 0.6) is 11.5 Å². The predicted octanol–water partition coefficient (Wildman–Crippen LogP) is 4.22. The van der Waals surface area contributed by atoms with E-state index in [0.29, 0.717) is 40.5 Å². The first-order chi connectivity index (χ1) is 16.0. The second-order valence-corrected chi connectivity index (χ2v) is 7.69. The highest BCUT2D eigenvalue weighted by molar-refractivity contribution is 7.98. The van der Waals surface area contributed by atoms with Gasteiger partial charge in [-0.05, 0) is 12.3 Å². The van der Waals surface area contributed by atoms with E-state index in [9.17, 15) is 0 Å². The number of thioether (sulfide) groups is 1. The first-order valence-electron chi connectivity index (χ1n) is 9.84. The summed E-state index contributed by atoms with van der Waals surface area (Å²) in [5.41, 5.74) is 1.29. The summed E-state index contributed by atoms with van der Waals surface area (Å²) in [5.74, 6) is -2.08. The summed E-state index contributed by atoms with van der Waals surface area (Å²) in [4.78, 5) is 13.5. The number of hydrogen-bond donors (Lipinski definition) is 0. The molecule has 0 radical (unpaired) electrons. The van der Waals surface area contributed by atoms with Crippen LogP contribution in [0.4, 0.5) is 8.78 Å². The van der Waals surface area contributed by atoms with Gasteiger partial charge in [0.1, 0.15) is 11.2 Å². The minimum Gasteiger partial charge on any atom is -0.494 e. The first kappa shape index (κ1) is 22.9. The number of aromatic nitrogens is 5. The van der Waals surface area contributed by atoms with Gasteiger partial charge in [0.2, 0.25) is 0 Å². The van der Waals surface area contributed by atoms with Gasteiger partial charge < -0.3 is 14.2 Å². The molecule has 0 bridgehead atoms. The molecule has 11 heteroatoms. The number of ether oxygens (including phenoxy) is 3. The fourth-order valence-corrected chi connectivity index (χ4v) is 3.70. The van der Waals surface area contributed by atoms with E-state index >= 15 is 8.78 Å². The Labute approximate surface area is 192 Å². The summed E-state index contributed by atoms with van der Waals surface area (Å²) in [6, 6.07) is 2.70. The van der Waals surface area contributed by atoms with E-state index in [1.807, 2.05) is 6.26 Å². The van der Waals surface area contributed by atoms with Crippen molar-refractivity contribution in [2.75, 3.05) is 34.2 Å². The quantitative estimate of drug-likeness (QED) is 0.278. The largest absolute Gasteiger partial charge is 0.494 e. The van der Waals surface area contributed by atoms with Gasteiger partial charge in [0.05, 0.1) is 44.8 Å². The Hall–Kier alpha value is -3.31. The molecule has 0 saturated heterocycles. The Morgan fingerprint density at radius 3 is 2.36 bits per heavy atom. The van der Waals surface area contributed by atoms with Crippen molar-refractivity contribution in [1.29, 1.82) is 0 Å².